The molecule has 0 spiro atoms. The smallest absolute Gasteiger partial charge is 0.295 e. The molecule has 7 nitrogen and oxygen atoms in total. The van der Waals surface area contributed by atoms with Crippen LogP contribution in [0.4, 0.5) is 4.39 Å². The molecule has 0 aliphatic carbocycles. The average Bonchev–Trinajstić information content (AvgIpc) is 3.01. The average molecular weight is 428 g/mol. The molecule has 164 valence electrons. The number of likely N-dealkylation sites (N-methyl/N-ethyl adjacent to an activating group) is 1. The Labute approximate surface area is 180 Å². The van der Waals surface area contributed by atoms with Crippen molar-refractivity contribution in [1.82, 2.24) is 9.80 Å². The molecule has 0 radical (unpaired) electrons. The van der Waals surface area contributed by atoms with E-state index in [1.54, 1.807) is 24.3 Å². The molecule has 0 aromatic heterocycles. The summed E-state index contributed by atoms with van der Waals surface area (Å²) in [4.78, 5) is 29.2. The molecule has 2 aromatic carbocycles. The Morgan fingerprint density at radius 1 is 1.10 bits per heavy atom. The normalized spacial score (nSPS) is 18.0. The van der Waals surface area contributed by atoms with E-state index in [1.165, 1.54) is 31.3 Å². The minimum Gasteiger partial charge on any atom is -0.507 e. The number of hydrogen-bond donors (Lipinski definition) is 1. The lowest BCUT2D eigenvalue weighted by molar-refractivity contribution is -0.140. The maximum absolute atomic E-state index is 13.9. The molecule has 1 N–H and O–H groups in total. The third-order valence-electron chi connectivity index (χ3n) is 5.18. The number of halogens is 1. The lowest BCUT2D eigenvalue weighted by atomic mass is 9.95. The van der Waals surface area contributed by atoms with Crippen molar-refractivity contribution in [2.75, 3.05) is 41.4 Å². The second-order valence-electron chi connectivity index (χ2n) is 7.41. The Morgan fingerprint density at radius 3 is 2.35 bits per heavy atom. The molecule has 31 heavy (non-hydrogen) atoms. The molecule has 1 aliphatic rings. The highest BCUT2D eigenvalue weighted by atomic mass is 19.1. The lowest BCUT2D eigenvalue weighted by Gasteiger charge is -2.26. The maximum Gasteiger partial charge on any atom is 0.295 e. The largest absolute Gasteiger partial charge is 0.507 e. The van der Waals surface area contributed by atoms with E-state index in [4.69, 9.17) is 9.47 Å². The van der Waals surface area contributed by atoms with E-state index < -0.39 is 29.3 Å². The minimum absolute atomic E-state index is 0.00613. The molecule has 0 saturated carbocycles. The molecule has 1 fully saturated rings. The van der Waals surface area contributed by atoms with Gasteiger partial charge in [0.1, 0.15) is 23.1 Å². The van der Waals surface area contributed by atoms with Gasteiger partial charge < -0.3 is 24.4 Å². The summed E-state index contributed by atoms with van der Waals surface area (Å²) in [6, 6.07) is 9.67. The first-order valence-corrected chi connectivity index (χ1v) is 9.69. The fourth-order valence-corrected chi connectivity index (χ4v) is 3.56. The summed E-state index contributed by atoms with van der Waals surface area (Å²) in [7, 11) is 6.63. The third kappa shape index (κ3) is 4.39. The van der Waals surface area contributed by atoms with Crippen LogP contribution in [-0.4, -0.2) is 68.0 Å². The molecular formula is C23H25FN2O5. The van der Waals surface area contributed by atoms with Crippen LogP contribution in [-0.2, 0) is 9.59 Å². The molecule has 0 unspecified atom stereocenters. The Hall–Kier alpha value is -3.39. The van der Waals surface area contributed by atoms with Crippen LogP contribution >= 0.6 is 0 Å². The number of ether oxygens (including phenoxy) is 2. The van der Waals surface area contributed by atoms with E-state index in [1.807, 2.05) is 19.0 Å². The predicted octanol–water partition coefficient (Wildman–Crippen LogP) is 2.83. The Kier molecular flexibility index (Phi) is 6.60. The number of rotatable bonds is 7. The van der Waals surface area contributed by atoms with E-state index in [-0.39, 0.29) is 23.4 Å². The Bertz CT molecular complexity index is 1020. The number of Topliss-reactive ketones (excluding diaryl/α,β-unsaturated/α-hetero) is 1. The van der Waals surface area contributed by atoms with Gasteiger partial charge in [0.2, 0.25) is 0 Å². The second kappa shape index (κ2) is 9.18. The Morgan fingerprint density at radius 2 is 1.77 bits per heavy atom. The first-order valence-electron chi connectivity index (χ1n) is 9.69. The zero-order chi connectivity index (χ0) is 22.7. The van der Waals surface area contributed by atoms with Gasteiger partial charge in [-0.3, -0.25) is 9.59 Å². The van der Waals surface area contributed by atoms with Gasteiger partial charge in [0.25, 0.3) is 11.7 Å². The van der Waals surface area contributed by atoms with Gasteiger partial charge in [0.05, 0.1) is 31.4 Å². The minimum atomic E-state index is -0.834. The highest BCUT2D eigenvalue weighted by Crippen LogP contribution is 2.41. The van der Waals surface area contributed by atoms with Crippen LogP contribution in [0, 0.1) is 5.82 Å². The van der Waals surface area contributed by atoms with Crippen molar-refractivity contribution < 1.29 is 28.6 Å². The number of ketones is 1. The van der Waals surface area contributed by atoms with Gasteiger partial charge in [0, 0.05) is 13.1 Å². The van der Waals surface area contributed by atoms with Crippen LogP contribution in [0.3, 0.4) is 0 Å². The van der Waals surface area contributed by atoms with Crippen molar-refractivity contribution in [3.8, 4) is 11.5 Å². The lowest BCUT2D eigenvalue weighted by Crippen LogP contribution is -2.35. The third-order valence-corrected chi connectivity index (χ3v) is 5.18. The van der Waals surface area contributed by atoms with E-state index in [0.29, 0.717) is 17.9 Å². The van der Waals surface area contributed by atoms with Gasteiger partial charge in [0.15, 0.2) is 0 Å². The van der Waals surface area contributed by atoms with Gasteiger partial charge in [-0.1, -0.05) is 12.1 Å². The molecule has 2 aromatic rings. The molecule has 3 rings (SSSR count). The van der Waals surface area contributed by atoms with Crippen LogP contribution in [0.5, 0.6) is 11.5 Å². The number of aliphatic hydroxyl groups excluding tert-OH is 1. The van der Waals surface area contributed by atoms with Crippen LogP contribution in [0.25, 0.3) is 5.76 Å². The summed E-state index contributed by atoms with van der Waals surface area (Å²) in [5.41, 5.74) is 0.514. The molecule has 0 bridgehead atoms. The summed E-state index contributed by atoms with van der Waals surface area (Å²) in [5.74, 6) is -1.84. The molecule has 1 aliphatic heterocycles. The maximum atomic E-state index is 13.9. The fourth-order valence-electron chi connectivity index (χ4n) is 3.56. The van der Waals surface area contributed by atoms with E-state index in [2.05, 4.69) is 0 Å². The SMILES string of the molecule is COc1ccc([C@H]2/C(=C(\O)c3cc(F)ccc3OC)C(=O)C(=O)N2CCN(C)C)cc1. The van der Waals surface area contributed by atoms with Gasteiger partial charge in [-0.2, -0.15) is 0 Å². The van der Waals surface area contributed by atoms with Gasteiger partial charge >= 0.3 is 0 Å². The highest BCUT2D eigenvalue weighted by molar-refractivity contribution is 6.46. The zero-order valence-corrected chi connectivity index (χ0v) is 17.9. The van der Waals surface area contributed by atoms with Gasteiger partial charge in [-0.15, -0.1) is 0 Å². The van der Waals surface area contributed by atoms with Crippen molar-refractivity contribution in [2.45, 2.75) is 6.04 Å². The topological polar surface area (TPSA) is 79.3 Å². The van der Waals surface area contributed by atoms with Gasteiger partial charge in [-0.05, 0) is 50.0 Å². The number of carbonyl (C=O) groups is 2. The number of likely N-dealkylation sites (tertiary alicyclic amines) is 1. The molecule has 1 heterocycles. The van der Waals surface area contributed by atoms with Crippen LogP contribution in [0.2, 0.25) is 0 Å². The summed E-state index contributed by atoms with van der Waals surface area (Å²) in [6.07, 6.45) is 0. The zero-order valence-electron chi connectivity index (χ0n) is 17.9. The molecule has 1 amide bonds. The van der Waals surface area contributed by atoms with Crippen molar-refractivity contribution in [3.05, 3.63) is 65.0 Å². The van der Waals surface area contributed by atoms with Crippen molar-refractivity contribution in [2.24, 2.45) is 0 Å². The van der Waals surface area contributed by atoms with Crippen LogP contribution in [0.15, 0.2) is 48.0 Å². The number of benzene rings is 2. The first-order chi connectivity index (χ1) is 14.8. The number of amides is 1. The quantitative estimate of drug-likeness (QED) is 0.415. The van der Waals surface area contributed by atoms with E-state index in [9.17, 15) is 19.1 Å². The summed E-state index contributed by atoms with van der Waals surface area (Å²) in [6.45, 7) is 0.786. The Balaban J connectivity index is 2.19. The standard InChI is InChI=1S/C23H25FN2O5/c1-25(2)11-12-26-20(14-5-8-16(30-3)9-6-14)19(22(28)23(26)29)21(27)17-13-15(24)7-10-18(17)31-4/h5-10,13,20,27H,11-12H2,1-4H3/b21-19+/t20-/m0/s1. The number of carbonyl (C=O) groups excluding carboxylic acids is 2. The number of hydrogen-bond acceptors (Lipinski definition) is 6. The van der Waals surface area contributed by atoms with E-state index >= 15 is 0 Å². The summed E-state index contributed by atoms with van der Waals surface area (Å²) >= 11 is 0. The van der Waals surface area contributed by atoms with Crippen molar-refractivity contribution in [3.63, 3.8) is 0 Å². The van der Waals surface area contributed by atoms with Crippen LogP contribution < -0.4 is 9.47 Å². The number of methoxy groups -OCH3 is 2. The first kappa shape index (κ1) is 22.3. The predicted molar refractivity (Wildman–Crippen MR) is 114 cm³/mol. The fraction of sp³-hybridized carbons (Fsp3) is 0.304. The molecular weight excluding hydrogens is 403 g/mol. The van der Waals surface area contributed by atoms with Crippen molar-refractivity contribution >= 4 is 17.4 Å². The molecule has 1 saturated heterocycles. The highest BCUT2D eigenvalue weighted by Gasteiger charge is 2.46. The number of aliphatic hydroxyl groups is 1. The van der Waals surface area contributed by atoms with E-state index in [0.717, 1.165) is 6.07 Å². The monoisotopic (exact) mass is 428 g/mol. The number of nitrogens with zero attached hydrogens (tertiary/aromatic N) is 2. The summed E-state index contributed by atoms with van der Waals surface area (Å²) in [5, 5.41) is 11.1. The van der Waals surface area contributed by atoms with Gasteiger partial charge in [-0.25, -0.2) is 4.39 Å². The van der Waals surface area contributed by atoms with Crippen LogP contribution in [0.1, 0.15) is 17.2 Å². The second-order valence-corrected chi connectivity index (χ2v) is 7.41. The summed E-state index contributed by atoms with van der Waals surface area (Å²) < 4.78 is 24.3. The molecule has 8 heteroatoms. The van der Waals surface area contributed by atoms with Crippen molar-refractivity contribution in [1.29, 1.82) is 0 Å². The molecule has 1 atom stereocenters.